The lowest BCUT2D eigenvalue weighted by Crippen LogP contribution is -2.41. The van der Waals surface area contributed by atoms with Crippen molar-refractivity contribution in [3.05, 3.63) is 144 Å². The van der Waals surface area contributed by atoms with Crippen molar-refractivity contribution in [3.8, 4) is 5.75 Å². The first-order valence-corrected chi connectivity index (χ1v) is 16.4. The van der Waals surface area contributed by atoms with Gasteiger partial charge in [-0.2, -0.15) is 0 Å². The van der Waals surface area contributed by atoms with E-state index in [4.69, 9.17) is 28.4 Å². The van der Waals surface area contributed by atoms with Gasteiger partial charge in [-0.15, -0.1) is 0 Å². The number of allylic oxidation sites excluding steroid dienone is 4. The van der Waals surface area contributed by atoms with Crippen molar-refractivity contribution in [2.45, 2.75) is 45.4 Å². The fourth-order valence-corrected chi connectivity index (χ4v) is 5.93. The van der Waals surface area contributed by atoms with E-state index in [0.29, 0.717) is 30.6 Å². The first kappa shape index (κ1) is 32.3. The Bertz CT molecular complexity index is 2190. The van der Waals surface area contributed by atoms with Crippen LogP contribution in [-0.4, -0.2) is 43.3 Å². The maximum Gasteiger partial charge on any atom is 0.494 e. The van der Waals surface area contributed by atoms with Gasteiger partial charge in [0.15, 0.2) is 11.7 Å². The second-order valence-electron chi connectivity index (χ2n) is 13.2. The summed E-state index contributed by atoms with van der Waals surface area (Å²) in [5.74, 6) is 1.64. The number of amidine groups is 2. The summed E-state index contributed by atoms with van der Waals surface area (Å²) in [6.07, 6.45) is 5.93. The number of hydrogen-bond acceptors (Lipinski definition) is 5. The molecule has 3 heterocycles. The lowest BCUT2D eigenvalue weighted by atomic mass is 9.76. The summed E-state index contributed by atoms with van der Waals surface area (Å²) in [7, 11) is -0.515. The summed E-state index contributed by atoms with van der Waals surface area (Å²) >= 11 is 0. The molecule has 244 valence electrons. The average Bonchev–Trinajstić information content (AvgIpc) is 3.60. The van der Waals surface area contributed by atoms with E-state index >= 15 is 0 Å². The highest BCUT2D eigenvalue weighted by molar-refractivity contribution is 6.56. The fourth-order valence-electron chi connectivity index (χ4n) is 5.93. The monoisotopic (exact) mass is 647 g/mol. The molecule has 1 fully saturated rings. The van der Waals surface area contributed by atoms with Crippen molar-refractivity contribution in [2.75, 3.05) is 6.61 Å². The molecule has 0 atom stereocenters. The van der Waals surface area contributed by atoms with E-state index in [9.17, 15) is 0 Å². The zero-order valence-electron chi connectivity index (χ0n) is 28.3. The highest BCUT2D eigenvalue weighted by atomic mass is 16.7. The van der Waals surface area contributed by atoms with E-state index in [2.05, 4.69) is 30.4 Å². The summed E-state index contributed by atoms with van der Waals surface area (Å²) in [5, 5.41) is 2.14. The number of ether oxygens (including phenoxy) is 1. The summed E-state index contributed by atoms with van der Waals surface area (Å²) < 4.78 is 24.9. The number of para-hydroxylation sites is 1. The van der Waals surface area contributed by atoms with Gasteiger partial charge < -0.3 is 18.5 Å². The Morgan fingerprint density at radius 1 is 0.796 bits per heavy atom. The third kappa shape index (κ3) is 6.45. The Morgan fingerprint density at radius 2 is 1.53 bits per heavy atom. The molecule has 0 N–H and O–H groups in total. The number of furan rings is 1. The van der Waals surface area contributed by atoms with Crippen LogP contribution in [-0.2, 0) is 15.9 Å². The van der Waals surface area contributed by atoms with E-state index in [1.807, 2.05) is 125 Å². The van der Waals surface area contributed by atoms with E-state index in [1.54, 1.807) is 0 Å². The average molecular weight is 648 g/mol. The first-order valence-electron chi connectivity index (χ1n) is 16.4. The highest BCUT2D eigenvalue weighted by Gasteiger charge is 2.52. The summed E-state index contributed by atoms with van der Waals surface area (Å²) in [5.41, 5.74) is 5.98. The van der Waals surface area contributed by atoms with Crippen molar-refractivity contribution >= 4 is 53.0 Å². The minimum atomic E-state index is -0.515. The van der Waals surface area contributed by atoms with Crippen LogP contribution in [0.25, 0.3) is 27.5 Å². The number of rotatable bonds is 5. The van der Waals surface area contributed by atoms with Crippen LogP contribution in [0.3, 0.4) is 0 Å². The van der Waals surface area contributed by atoms with Gasteiger partial charge in [-0.25, -0.2) is 9.98 Å². The molecule has 1 aromatic heterocycles. The van der Waals surface area contributed by atoms with Crippen LogP contribution in [0.15, 0.2) is 141 Å². The van der Waals surface area contributed by atoms with Crippen LogP contribution >= 0.6 is 0 Å². The molecule has 8 heteroatoms. The Morgan fingerprint density at radius 3 is 2.31 bits per heavy atom. The molecule has 7 rings (SSSR count). The van der Waals surface area contributed by atoms with Crippen molar-refractivity contribution in [1.82, 2.24) is 0 Å². The van der Waals surface area contributed by atoms with Gasteiger partial charge in [0.25, 0.3) is 0 Å². The van der Waals surface area contributed by atoms with Gasteiger partial charge in [0.2, 0.25) is 0 Å². The molecule has 0 saturated carbocycles. The molecule has 5 aromatic rings. The summed E-state index contributed by atoms with van der Waals surface area (Å²) in [6, 6.07) is 30.0. The van der Waals surface area contributed by atoms with Crippen LogP contribution in [0.1, 0.15) is 49.9 Å². The normalized spacial score (nSPS) is 19.4. The molecule has 0 radical (unpaired) electrons. The number of benzene rings is 4. The SMILES string of the molecule is C=NC(=NC(=NCc1ccc2oc3ccccc3c2c1)c1ccccc1)c1ccc2c(c1)OC/C=C\C(B1OC(C)(C)C(C)(C)O1)=C/C2=C. The topological polar surface area (TPSA) is 77.9 Å². The quantitative estimate of drug-likeness (QED) is 0.108. The number of fused-ring (bicyclic) bond motifs is 4. The van der Waals surface area contributed by atoms with Crippen LogP contribution in [0.4, 0.5) is 0 Å². The zero-order chi connectivity index (χ0) is 34.2. The van der Waals surface area contributed by atoms with Gasteiger partial charge in [0.1, 0.15) is 23.5 Å². The van der Waals surface area contributed by atoms with Gasteiger partial charge in [-0.05, 0) is 87.4 Å². The molecular weight excluding hydrogens is 609 g/mol. The van der Waals surface area contributed by atoms with Gasteiger partial charge in [0.05, 0.1) is 17.7 Å². The molecule has 7 nitrogen and oxygen atoms in total. The Hall–Kier alpha value is -5.31. The van der Waals surface area contributed by atoms with Gasteiger partial charge in [-0.1, -0.05) is 79.4 Å². The van der Waals surface area contributed by atoms with E-state index in [0.717, 1.165) is 55.2 Å². The second kappa shape index (κ2) is 13.0. The molecule has 0 aliphatic carbocycles. The van der Waals surface area contributed by atoms with Crippen LogP contribution in [0.2, 0.25) is 0 Å². The largest absolute Gasteiger partial charge is 0.494 e. The van der Waals surface area contributed by atoms with Crippen LogP contribution in [0, 0.1) is 0 Å². The maximum absolute atomic E-state index is 6.32. The second-order valence-corrected chi connectivity index (χ2v) is 13.2. The third-order valence-electron chi connectivity index (χ3n) is 9.34. The smallest absolute Gasteiger partial charge is 0.489 e. The molecule has 1 saturated heterocycles. The van der Waals surface area contributed by atoms with E-state index in [-0.39, 0.29) is 0 Å². The molecular formula is C41H38BN3O4. The minimum Gasteiger partial charge on any atom is -0.489 e. The highest BCUT2D eigenvalue weighted by Crippen LogP contribution is 2.40. The molecule has 49 heavy (non-hydrogen) atoms. The van der Waals surface area contributed by atoms with Gasteiger partial charge in [0, 0.05) is 27.5 Å². The molecule has 0 spiro atoms. The number of aliphatic imine (C=N–C) groups is 3. The number of hydrogen-bond donors (Lipinski definition) is 0. The molecule has 2 aliphatic rings. The third-order valence-corrected chi connectivity index (χ3v) is 9.34. The van der Waals surface area contributed by atoms with Crippen molar-refractivity contribution in [3.63, 3.8) is 0 Å². The Kier molecular flexibility index (Phi) is 8.53. The van der Waals surface area contributed by atoms with Gasteiger partial charge in [-0.3, -0.25) is 4.99 Å². The molecule has 0 bridgehead atoms. The first-order chi connectivity index (χ1) is 23.6. The molecule has 0 unspecified atom stereocenters. The van der Waals surface area contributed by atoms with Crippen molar-refractivity contribution in [2.24, 2.45) is 15.0 Å². The minimum absolute atomic E-state index is 0.349. The lowest BCUT2D eigenvalue weighted by Gasteiger charge is -2.32. The predicted octanol–water partition coefficient (Wildman–Crippen LogP) is 9.20. The lowest BCUT2D eigenvalue weighted by molar-refractivity contribution is 0.00578. The van der Waals surface area contributed by atoms with Crippen LogP contribution in [0.5, 0.6) is 5.75 Å². The van der Waals surface area contributed by atoms with Crippen molar-refractivity contribution in [1.29, 1.82) is 0 Å². The fraction of sp³-hybridized carbons (Fsp3) is 0.195. The van der Waals surface area contributed by atoms with E-state index < -0.39 is 18.3 Å². The zero-order valence-corrected chi connectivity index (χ0v) is 28.3. The van der Waals surface area contributed by atoms with E-state index in [1.165, 1.54) is 0 Å². The number of nitrogens with zero attached hydrogens (tertiary/aromatic N) is 3. The summed E-state index contributed by atoms with van der Waals surface area (Å²) in [6.45, 7) is 17.2. The maximum atomic E-state index is 6.32. The summed E-state index contributed by atoms with van der Waals surface area (Å²) in [4.78, 5) is 14.3. The molecule has 2 aliphatic heterocycles. The Balaban J connectivity index is 1.20. The predicted molar refractivity (Wildman–Crippen MR) is 201 cm³/mol. The molecule has 0 amide bonds. The van der Waals surface area contributed by atoms with Gasteiger partial charge >= 0.3 is 7.12 Å². The molecule has 4 aromatic carbocycles. The van der Waals surface area contributed by atoms with Crippen LogP contribution < -0.4 is 4.74 Å². The standard InChI is InChI=1S/C41H38BN3O4/c1-27-23-31(42-48-40(2,3)41(4,5)49-42)15-12-22-46-37-25-30(19-20-32(27)37)38(43-6)45-39(29-13-8-7-9-14-29)44-26-28-18-21-36-34(24-28)33-16-10-11-17-35(33)47-36/h7-21,23-25H,1,6,22,26H2,2-5H3/b15-12-,31-23+,44-39?,45-38?. The Labute approximate surface area is 287 Å². The van der Waals surface area contributed by atoms with Crippen molar-refractivity contribution < 1.29 is 18.5 Å².